The normalized spacial score (nSPS) is 12.2. The molecule has 0 unspecified atom stereocenters. The predicted molar refractivity (Wildman–Crippen MR) is 98.9 cm³/mol. The summed E-state index contributed by atoms with van der Waals surface area (Å²) in [5, 5.41) is 0. The van der Waals surface area contributed by atoms with Gasteiger partial charge >= 0.3 is 0 Å². The Labute approximate surface area is 157 Å². The zero-order chi connectivity index (χ0) is 15.9. The van der Waals surface area contributed by atoms with Gasteiger partial charge in [0.2, 0.25) is 0 Å². The summed E-state index contributed by atoms with van der Waals surface area (Å²) in [7, 11) is 0. The molecule has 5 heterocycles. The first-order chi connectivity index (χ1) is 11.8. The number of hydrogen-bond acceptors (Lipinski definition) is 2. The monoisotopic (exact) mass is 503 g/mol. The molecule has 2 aliphatic rings. The third kappa shape index (κ3) is 3.25. The molecule has 0 atom stereocenters. The van der Waals surface area contributed by atoms with E-state index in [-0.39, 0.29) is 20.1 Å². The number of aromatic nitrogens is 4. The fraction of sp³-hybridized carbons (Fsp3) is 0. The summed E-state index contributed by atoms with van der Waals surface area (Å²) in [5.74, 6) is 0. The van der Waals surface area contributed by atoms with E-state index in [2.05, 4.69) is 44.2 Å². The minimum atomic E-state index is 0. The smallest absolute Gasteiger partial charge is 0.0658 e. The van der Waals surface area contributed by atoms with Crippen LogP contribution in [-0.4, -0.2) is 19.9 Å². The molecule has 5 heteroatoms. The van der Waals surface area contributed by atoms with Crippen LogP contribution in [0.25, 0.3) is 46.4 Å². The van der Waals surface area contributed by atoms with Crippen LogP contribution in [-0.2, 0) is 20.1 Å². The van der Waals surface area contributed by atoms with Crippen LogP contribution in [0.5, 0.6) is 0 Å². The SMILES string of the molecule is C1=Cc2cc3ccc(cc4nc(cc5ccc(cc1n2)[nH]5)C=C4)[nH]3.[Ir]. The van der Waals surface area contributed by atoms with E-state index in [9.17, 15) is 0 Å². The molecule has 2 N–H and O–H groups in total. The predicted octanol–water partition coefficient (Wildman–Crippen LogP) is 4.65. The Morgan fingerprint density at radius 3 is 1.04 bits per heavy atom. The van der Waals surface area contributed by atoms with Gasteiger partial charge in [-0.1, -0.05) is 0 Å². The molecule has 2 aliphatic heterocycles. The standard InChI is InChI=1S/C20H14N4.Ir/c1-2-14-10-16-5-6-18(23-16)12-20-8-7-19(24-20)11-17-4-3-15(22-17)9-13(1)21-14;/h1-12,21,24H;. The van der Waals surface area contributed by atoms with Crippen LogP contribution in [0.3, 0.4) is 0 Å². The van der Waals surface area contributed by atoms with Crippen LogP contribution < -0.4 is 0 Å². The summed E-state index contributed by atoms with van der Waals surface area (Å²) in [6, 6.07) is 16.4. The molecular weight excluding hydrogens is 488 g/mol. The maximum absolute atomic E-state index is 4.63. The molecule has 8 bridgehead atoms. The van der Waals surface area contributed by atoms with Crippen molar-refractivity contribution in [3.63, 3.8) is 0 Å². The van der Waals surface area contributed by atoms with E-state index < -0.39 is 0 Å². The fourth-order valence-electron chi connectivity index (χ4n) is 2.94. The van der Waals surface area contributed by atoms with Crippen molar-refractivity contribution in [3.8, 4) is 0 Å². The topological polar surface area (TPSA) is 57.4 Å². The Kier molecular flexibility index (Phi) is 3.96. The Balaban J connectivity index is 0.00000157. The zero-order valence-corrected chi connectivity index (χ0v) is 15.6. The second kappa shape index (κ2) is 6.28. The number of H-pyrrole nitrogens is 2. The summed E-state index contributed by atoms with van der Waals surface area (Å²) in [6.07, 6.45) is 8.09. The van der Waals surface area contributed by atoms with Gasteiger partial charge in [0.1, 0.15) is 0 Å². The van der Waals surface area contributed by atoms with Crippen LogP contribution in [0.1, 0.15) is 22.8 Å². The van der Waals surface area contributed by atoms with Gasteiger partial charge in [-0.25, -0.2) is 9.97 Å². The van der Waals surface area contributed by atoms with Crippen molar-refractivity contribution in [3.05, 3.63) is 71.3 Å². The second-order valence-corrected chi connectivity index (χ2v) is 5.91. The third-order valence-corrected chi connectivity index (χ3v) is 4.04. The average molecular weight is 503 g/mol. The average Bonchev–Trinajstić information content (AvgIpc) is 3.32. The van der Waals surface area contributed by atoms with Gasteiger partial charge in [0.15, 0.2) is 0 Å². The zero-order valence-electron chi connectivity index (χ0n) is 13.2. The van der Waals surface area contributed by atoms with Gasteiger partial charge in [0.25, 0.3) is 0 Å². The Morgan fingerprint density at radius 2 is 0.760 bits per heavy atom. The molecule has 0 fully saturated rings. The van der Waals surface area contributed by atoms with Crippen LogP contribution in [0.4, 0.5) is 0 Å². The van der Waals surface area contributed by atoms with Crippen LogP contribution in [0, 0.1) is 0 Å². The number of rotatable bonds is 0. The Morgan fingerprint density at radius 1 is 0.480 bits per heavy atom. The first-order valence-corrected chi connectivity index (χ1v) is 7.85. The largest absolute Gasteiger partial charge is 0.355 e. The summed E-state index contributed by atoms with van der Waals surface area (Å²) in [4.78, 5) is 16.0. The fourth-order valence-corrected chi connectivity index (χ4v) is 2.94. The molecule has 0 spiro atoms. The maximum Gasteiger partial charge on any atom is 0.0658 e. The Hall–Kier alpha value is -2.75. The summed E-state index contributed by atoms with van der Waals surface area (Å²) < 4.78 is 0. The molecular formula is C20H14IrN4. The van der Waals surface area contributed by atoms with E-state index in [0.717, 1.165) is 44.8 Å². The van der Waals surface area contributed by atoms with Crippen molar-refractivity contribution in [2.45, 2.75) is 0 Å². The molecule has 0 aromatic carbocycles. The van der Waals surface area contributed by atoms with E-state index >= 15 is 0 Å². The first kappa shape index (κ1) is 15.8. The van der Waals surface area contributed by atoms with Crippen molar-refractivity contribution in [1.29, 1.82) is 0 Å². The molecule has 0 saturated carbocycles. The van der Waals surface area contributed by atoms with Crippen molar-refractivity contribution in [2.75, 3.05) is 0 Å². The van der Waals surface area contributed by atoms with Crippen molar-refractivity contribution < 1.29 is 20.1 Å². The number of fused-ring (bicyclic) bond motifs is 8. The molecule has 0 saturated heterocycles. The van der Waals surface area contributed by atoms with Gasteiger partial charge < -0.3 is 9.97 Å². The minimum Gasteiger partial charge on any atom is -0.355 e. The molecule has 123 valence electrons. The molecule has 3 aromatic rings. The number of hydrogen-bond donors (Lipinski definition) is 2. The second-order valence-electron chi connectivity index (χ2n) is 5.91. The van der Waals surface area contributed by atoms with Crippen LogP contribution >= 0.6 is 0 Å². The van der Waals surface area contributed by atoms with Crippen LogP contribution in [0.2, 0.25) is 0 Å². The van der Waals surface area contributed by atoms with Gasteiger partial charge in [0.05, 0.1) is 22.8 Å². The first-order valence-electron chi connectivity index (χ1n) is 7.85. The van der Waals surface area contributed by atoms with Crippen molar-refractivity contribution >= 4 is 46.4 Å². The summed E-state index contributed by atoms with van der Waals surface area (Å²) >= 11 is 0. The summed E-state index contributed by atoms with van der Waals surface area (Å²) in [5.41, 5.74) is 7.86. The summed E-state index contributed by atoms with van der Waals surface area (Å²) in [6.45, 7) is 0. The van der Waals surface area contributed by atoms with E-state index in [1.165, 1.54) is 0 Å². The van der Waals surface area contributed by atoms with Gasteiger partial charge in [-0.3, -0.25) is 0 Å². The van der Waals surface area contributed by atoms with Gasteiger partial charge in [-0.05, 0) is 72.8 Å². The number of nitrogens with zero attached hydrogens (tertiary/aromatic N) is 2. The molecule has 0 aliphatic carbocycles. The third-order valence-electron chi connectivity index (χ3n) is 4.04. The van der Waals surface area contributed by atoms with Crippen molar-refractivity contribution in [2.24, 2.45) is 0 Å². The maximum atomic E-state index is 4.63. The number of aromatic amines is 2. The quantitative estimate of drug-likeness (QED) is 0.324. The molecule has 3 aromatic heterocycles. The molecule has 5 rings (SSSR count). The van der Waals surface area contributed by atoms with E-state index in [1.807, 2.05) is 48.6 Å². The van der Waals surface area contributed by atoms with E-state index in [4.69, 9.17) is 0 Å². The van der Waals surface area contributed by atoms with Gasteiger partial charge in [-0.15, -0.1) is 0 Å². The molecule has 0 amide bonds. The molecule has 4 nitrogen and oxygen atoms in total. The minimum absolute atomic E-state index is 0. The number of nitrogens with one attached hydrogen (secondary N) is 2. The van der Waals surface area contributed by atoms with Gasteiger partial charge in [0, 0.05) is 42.2 Å². The van der Waals surface area contributed by atoms with E-state index in [0.29, 0.717) is 0 Å². The molecule has 1 radical (unpaired) electrons. The van der Waals surface area contributed by atoms with Gasteiger partial charge in [-0.2, -0.15) is 0 Å². The van der Waals surface area contributed by atoms with E-state index in [1.54, 1.807) is 0 Å². The van der Waals surface area contributed by atoms with Crippen LogP contribution in [0.15, 0.2) is 48.5 Å². The molecule has 25 heavy (non-hydrogen) atoms. The Bertz CT molecular complexity index is 990. The van der Waals surface area contributed by atoms with Crippen molar-refractivity contribution in [1.82, 2.24) is 19.9 Å².